The summed E-state index contributed by atoms with van der Waals surface area (Å²) >= 11 is 12.5. The summed E-state index contributed by atoms with van der Waals surface area (Å²) in [5, 5.41) is 2.89. The van der Waals surface area contributed by atoms with Crippen molar-refractivity contribution in [2.75, 3.05) is 38.2 Å². The molecule has 2 heterocycles. The van der Waals surface area contributed by atoms with Crippen LogP contribution in [0.25, 0.3) is 11.0 Å². The lowest BCUT2D eigenvalue weighted by atomic mass is 10.3. The van der Waals surface area contributed by atoms with Crippen LogP contribution in [0.15, 0.2) is 18.2 Å². The number of aromatic nitrogens is 2. The van der Waals surface area contributed by atoms with E-state index in [9.17, 15) is 0 Å². The van der Waals surface area contributed by atoms with Gasteiger partial charge in [0.15, 0.2) is 0 Å². The van der Waals surface area contributed by atoms with E-state index in [1.54, 1.807) is 0 Å². The maximum Gasteiger partial charge on any atom is 0.146 e. The van der Waals surface area contributed by atoms with Gasteiger partial charge in [0, 0.05) is 31.2 Å². The number of alkyl halides is 1. The smallest absolute Gasteiger partial charge is 0.146 e. The van der Waals surface area contributed by atoms with Crippen molar-refractivity contribution in [1.82, 2.24) is 14.6 Å². The fourth-order valence-electron chi connectivity index (χ4n) is 2.61. The summed E-state index contributed by atoms with van der Waals surface area (Å²) in [4.78, 5) is 6.99. The van der Waals surface area contributed by atoms with Gasteiger partial charge in [-0.1, -0.05) is 11.6 Å². The zero-order chi connectivity index (χ0) is 14.3. The van der Waals surface area contributed by atoms with Gasteiger partial charge in [0.2, 0.25) is 0 Å². The monoisotopic (exact) mass is 312 g/mol. The van der Waals surface area contributed by atoms with Crippen LogP contribution in [-0.2, 0) is 0 Å². The largest absolute Gasteiger partial charge is 0.308 e. The van der Waals surface area contributed by atoms with Gasteiger partial charge in [-0.25, -0.2) is 9.66 Å². The van der Waals surface area contributed by atoms with Gasteiger partial charge in [-0.15, -0.1) is 11.6 Å². The Morgan fingerprint density at radius 3 is 2.55 bits per heavy atom. The molecule has 0 saturated carbocycles. The molecule has 1 aromatic heterocycles. The van der Waals surface area contributed by atoms with Gasteiger partial charge in [-0.3, -0.25) is 0 Å². The summed E-state index contributed by atoms with van der Waals surface area (Å²) < 4.78 is 2.14. The molecule has 1 fully saturated rings. The minimum Gasteiger partial charge on any atom is -0.308 e. The van der Waals surface area contributed by atoms with E-state index in [1.807, 2.05) is 25.1 Å². The minimum absolute atomic E-state index is 0.138. The number of rotatable bonds is 2. The van der Waals surface area contributed by atoms with E-state index in [0.29, 0.717) is 0 Å². The second-order valence-corrected chi connectivity index (χ2v) is 6.38. The molecule has 6 heteroatoms. The van der Waals surface area contributed by atoms with Gasteiger partial charge in [0.05, 0.1) is 16.4 Å². The third-order valence-electron chi connectivity index (χ3n) is 3.74. The second kappa shape index (κ2) is 5.43. The number of benzene rings is 1. The van der Waals surface area contributed by atoms with Crippen molar-refractivity contribution in [2.45, 2.75) is 12.3 Å². The highest BCUT2D eigenvalue weighted by atomic mass is 35.5. The molecule has 2 aromatic rings. The van der Waals surface area contributed by atoms with Gasteiger partial charge < -0.3 is 9.91 Å². The molecule has 3 rings (SSSR count). The maximum absolute atomic E-state index is 6.31. The van der Waals surface area contributed by atoms with Crippen molar-refractivity contribution < 1.29 is 0 Å². The van der Waals surface area contributed by atoms with Crippen molar-refractivity contribution in [3.8, 4) is 0 Å². The highest BCUT2D eigenvalue weighted by molar-refractivity contribution is 6.31. The SMILES string of the molecule is CC(Cl)c1nc2ccc(Cl)cc2n1N1CCN(C)CC1. The van der Waals surface area contributed by atoms with Crippen LogP contribution in [0.4, 0.5) is 0 Å². The molecule has 0 amide bonds. The number of fused-ring (bicyclic) bond motifs is 1. The van der Waals surface area contributed by atoms with Crippen LogP contribution in [0, 0.1) is 0 Å². The minimum atomic E-state index is -0.138. The molecule has 1 saturated heterocycles. The maximum atomic E-state index is 6.31. The molecule has 0 bridgehead atoms. The quantitative estimate of drug-likeness (QED) is 0.797. The van der Waals surface area contributed by atoms with E-state index in [4.69, 9.17) is 23.2 Å². The summed E-state index contributed by atoms with van der Waals surface area (Å²) in [6.45, 7) is 5.96. The van der Waals surface area contributed by atoms with Crippen LogP contribution in [0.1, 0.15) is 18.1 Å². The van der Waals surface area contributed by atoms with E-state index in [0.717, 1.165) is 48.1 Å². The lowest BCUT2D eigenvalue weighted by Crippen LogP contribution is -2.50. The molecular weight excluding hydrogens is 295 g/mol. The zero-order valence-corrected chi connectivity index (χ0v) is 13.2. The Hall–Kier alpha value is -0.970. The molecule has 4 nitrogen and oxygen atoms in total. The fraction of sp³-hybridized carbons (Fsp3) is 0.500. The third kappa shape index (κ3) is 2.48. The predicted molar refractivity (Wildman–Crippen MR) is 84.5 cm³/mol. The molecule has 0 radical (unpaired) electrons. The third-order valence-corrected chi connectivity index (χ3v) is 4.17. The lowest BCUT2D eigenvalue weighted by molar-refractivity contribution is 0.287. The van der Waals surface area contributed by atoms with Crippen LogP contribution < -0.4 is 5.01 Å². The molecule has 1 aromatic carbocycles. The molecule has 0 spiro atoms. The van der Waals surface area contributed by atoms with Crippen molar-refractivity contribution in [3.05, 3.63) is 29.0 Å². The van der Waals surface area contributed by atoms with Crippen molar-refractivity contribution in [1.29, 1.82) is 0 Å². The molecular formula is C14H18Cl2N4. The Bertz CT molecular complexity index is 615. The fourth-order valence-corrected chi connectivity index (χ4v) is 2.91. The van der Waals surface area contributed by atoms with Crippen LogP contribution in [0.5, 0.6) is 0 Å². The second-order valence-electron chi connectivity index (χ2n) is 5.29. The number of piperazine rings is 1. The van der Waals surface area contributed by atoms with Gasteiger partial charge in [-0.2, -0.15) is 0 Å². The number of imidazole rings is 1. The number of likely N-dealkylation sites (N-methyl/N-ethyl adjacent to an activating group) is 1. The van der Waals surface area contributed by atoms with Crippen LogP contribution in [0.2, 0.25) is 5.02 Å². The Labute approximate surface area is 128 Å². The lowest BCUT2D eigenvalue weighted by Gasteiger charge is -2.36. The summed E-state index contributed by atoms with van der Waals surface area (Å²) in [5.74, 6) is 0.883. The van der Waals surface area contributed by atoms with Gasteiger partial charge in [0.1, 0.15) is 5.82 Å². The van der Waals surface area contributed by atoms with Crippen molar-refractivity contribution in [3.63, 3.8) is 0 Å². The molecule has 0 aliphatic carbocycles. The average molecular weight is 313 g/mol. The Balaban J connectivity index is 2.10. The first-order valence-electron chi connectivity index (χ1n) is 6.82. The molecule has 1 aliphatic rings. The highest BCUT2D eigenvalue weighted by Gasteiger charge is 2.22. The summed E-state index contributed by atoms with van der Waals surface area (Å²) in [5.41, 5.74) is 1.97. The summed E-state index contributed by atoms with van der Waals surface area (Å²) in [6.07, 6.45) is 0. The van der Waals surface area contributed by atoms with E-state index in [2.05, 4.69) is 26.6 Å². The average Bonchev–Trinajstić information content (AvgIpc) is 2.78. The van der Waals surface area contributed by atoms with Crippen LogP contribution >= 0.6 is 23.2 Å². The molecule has 1 aliphatic heterocycles. The standard InChI is InChI=1S/C14H18Cl2N4/c1-10(15)14-17-12-4-3-11(16)9-13(12)20(14)19-7-5-18(2)6-8-19/h3-4,9-10H,5-8H2,1-2H3. The molecule has 1 unspecified atom stereocenters. The highest BCUT2D eigenvalue weighted by Crippen LogP contribution is 2.27. The summed E-state index contributed by atoms with van der Waals surface area (Å²) in [6, 6.07) is 5.78. The first-order valence-corrected chi connectivity index (χ1v) is 7.63. The first kappa shape index (κ1) is 14.0. The van der Waals surface area contributed by atoms with E-state index in [1.165, 1.54) is 0 Å². The van der Waals surface area contributed by atoms with E-state index in [-0.39, 0.29) is 5.38 Å². The number of hydrogen-bond acceptors (Lipinski definition) is 3. The molecule has 20 heavy (non-hydrogen) atoms. The van der Waals surface area contributed by atoms with Crippen LogP contribution in [0.3, 0.4) is 0 Å². The van der Waals surface area contributed by atoms with Gasteiger partial charge in [0.25, 0.3) is 0 Å². The topological polar surface area (TPSA) is 24.3 Å². The molecule has 108 valence electrons. The zero-order valence-electron chi connectivity index (χ0n) is 11.7. The Morgan fingerprint density at radius 2 is 1.90 bits per heavy atom. The van der Waals surface area contributed by atoms with Gasteiger partial charge in [-0.05, 0) is 32.2 Å². The van der Waals surface area contributed by atoms with Crippen LogP contribution in [-0.4, -0.2) is 47.8 Å². The Morgan fingerprint density at radius 1 is 1.20 bits per heavy atom. The van der Waals surface area contributed by atoms with Crippen molar-refractivity contribution in [2.24, 2.45) is 0 Å². The Kier molecular flexibility index (Phi) is 3.80. The molecule has 1 atom stereocenters. The molecule has 0 N–H and O–H groups in total. The summed E-state index contributed by atoms with van der Waals surface area (Å²) in [7, 11) is 2.14. The number of hydrogen-bond donors (Lipinski definition) is 0. The first-order chi connectivity index (χ1) is 9.56. The van der Waals surface area contributed by atoms with Gasteiger partial charge >= 0.3 is 0 Å². The van der Waals surface area contributed by atoms with E-state index >= 15 is 0 Å². The number of nitrogens with zero attached hydrogens (tertiary/aromatic N) is 4. The van der Waals surface area contributed by atoms with E-state index < -0.39 is 0 Å². The normalized spacial score (nSPS) is 18.7. The number of halogens is 2. The predicted octanol–water partition coefficient (Wildman–Crippen LogP) is 2.87. The van der Waals surface area contributed by atoms with Crippen molar-refractivity contribution >= 4 is 34.2 Å².